The predicted octanol–water partition coefficient (Wildman–Crippen LogP) is 3.96. The topological polar surface area (TPSA) is 72.7 Å². The van der Waals surface area contributed by atoms with E-state index >= 15 is 0 Å². The summed E-state index contributed by atoms with van der Waals surface area (Å²) in [5.74, 6) is 1.23. The number of carbonyl (C=O) groups excluding carboxylic acids is 1. The number of aryl methyl sites for hydroxylation is 3. The summed E-state index contributed by atoms with van der Waals surface area (Å²) in [6.07, 6.45) is 0. The van der Waals surface area contributed by atoms with Gasteiger partial charge in [0.05, 0.1) is 5.69 Å². The Morgan fingerprint density at radius 3 is 2.15 bits per heavy atom. The van der Waals surface area contributed by atoms with Gasteiger partial charge in [0, 0.05) is 23.0 Å². The first-order valence-corrected chi connectivity index (χ1v) is 8.64. The number of hydrogen-bond donors (Lipinski definition) is 1. The van der Waals surface area contributed by atoms with Crippen molar-refractivity contribution in [3.63, 3.8) is 0 Å². The van der Waals surface area contributed by atoms with Crippen molar-refractivity contribution in [3.8, 4) is 5.95 Å². The quantitative estimate of drug-likeness (QED) is 0.774. The van der Waals surface area contributed by atoms with Crippen molar-refractivity contribution >= 4 is 11.7 Å². The van der Waals surface area contributed by atoms with Crippen LogP contribution in [0.15, 0.2) is 36.4 Å². The fourth-order valence-electron chi connectivity index (χ4n) is 2.75. The second-order valence-corrected chi connectivity index (χ2v) is 6.76. The van der Waals surface area contributed by atoms with Gasteiger partial charge in [-0.25, -0.2) is 9.97 Å². The largest absolute Gasteiger partial charge is 0.306 e. The number of carbonyl (C=O) groups is 1. The molecule has 2 aromatic heterocycles. The van der Waals surface area contributed by atoms with E-state index in [2.05, 4.69) is 34.2 Å². The molecule has 3 aromatic rings. The molecular formula is C20H23N5O. The van der Waals surface area contributed by atoms with Crippen LogP contribution in [-0.4, -0.2) is 25.7 Å². The first-order chi connectivity index (χ1) is 12.3. The molecule has 134 valence electrons. The van der Waals surface area contributed by atoms with Gasteiger partial charge < -0.3 is 5.32 Å². The van der Waals surface area contributed by atoms with Gasteiger partial charge in [-0.1, -0.05) is 26.0 Å². The Balaban J connectivity index is 1.89. The van der Waals surface area contributed by atoms with Gasteiger partial charge in [0.15, 0.2) is 0 Å². The van der Waals surface area contributed by atoms with E-state index in [4.69, 9.17) is 0 Å². The summed E-state index contributed by atoms with van der Waals surface area (Å²) < 4.78 is 1.57. The smallest absolute Gasteiger partial charge is 0.256 e. The number of nitrogens with one attached hydrogen (secondary N) is 1. The SMILES string of the molecule is Cc1cc(C)nc(-n2nc(C)cc2NC(=O)c2ccc(C(C)C)cc2)n1. The Bertz CT molecular complexity index is 921. The number of benzene rings is 1. The molecule has 3 rings (SSSR count). The zero-order valence-corrected chi connectivity index (χ0v) is 15.7. The third-order valence-electron chi connectivity index (χ3n) is 4.07. The highest BCUT2D eigenvalue weighted by Gasteiger charge is 2.15. The van der Waals surface area contributed by atoms with Gasteiger partial charge in [-0.3, -0.25) is 4.79 Å². The van der Waals surface area contributed by atoms with Gasteiger partial charge >= 0.3 is 0 Å². The Morgan fingerprint density at radius 1 is 0.962 bits per heavy atom. The van der Waals surface area contributed by atoms with Crippen LogP contribution in [0.4, 0.5) is 5.82 Å². The van der Waals surface area contributed by atoms with Crippen LogP contribution < -0.4 is 5.32 Å². The number of hydrogen-bond acceptors (Lipinski definition) is 4. The molecule has 1 N–H and O–H groups in total. The molecule has 1 amide bonds. The van der Waals surface area contributed by atoms with Crippen LogP contribution >= 0.6 is 0 Å². The Hall–Kier alpha value is -3.02. The van der Waals surface area contributed by atoms with Gasteiger partial charge in [0.2, 0.25) is 0 Å². The lowest BCUT2D eigenvalue weighted by Gasteiger charge is -2.10. The van der Waals surface area contributed by atoms with Crippen molar-refractivity contribution in [3.05, 3.63) is 64.6 Å². The Labute approximate surface area is 153 Å². The molecule has 0 saturated carbocycles. The van der Waals surface area contributed by atoms with Crippen LogP contribution in [0.25, 0.3) is 5.95 Å². The van der Waals surface area contributed by atoms with Crippen molar-refractivity contribution in [2.24, 2.45) is 0 Å². The first kappa shape index (κ1) is 17.8. The van der Waals surface area contributed by atoms with Crippen LogP contribution in [0.2, 0.25) is 0 Å². The van der Waals surface area contributed by atoms with Crippen molar-refractivity contribution in [2.45, 2.75) is 40.5 Å². The second kappa shape index (κ2) is 7.07. The molecule has 2 heterocycles. The van der Waals surface area contributed by atoms with E-state index < -0.39 is 0 Å². The number of aromatic nitrogens is 4. The molecule has 0 atom stereocenters. The highest BCUT2D eigenvalue weighted by Crippen LogP contribution is 2.18. The number of rotatable bonds is 4. The molecule has 6 nitrogen and oxygen atoms in total. The van der Waals surface area contributed by atoms with Gasteiger partial charge in [-0.2, -0.15) is 9.78 Å². The van der Waals surface area contributed by atoms with E-state index in [0.717, 1.165) is 17.1 Å². The number of anilines is 1. The van der Waals surface area contributed by atoms with E-state index in [1.165, 1.54) is 5.56 Å². The maximum absolute atomic E-state index is 12.6. The molecule has 0 radical (unpaired) electrons. The predicted molar refractivity (Wildman–Crippen MR) is 102 cm³/mol. The van der Waals surface area contributed by atoms with Gasteiger partial charge in [0.1, 0.15) is 5.82 Å². The van der Waals surface area contributed by atoms with E-state index in [0.29, 0.717) is 23.2 Å². The van der Waals surface area contributed by atoms with E-state index in [1.807, 2.05) is 51.1 Å². The average Bonchev–Trinajstić information content (AvgIpc) is 2.94. The van der Waals surface area contributed by atoms with Gasteiger partial charge in [-0.15, -0.1) is 0 Å². The van der Waals surface area contributed by atoms with Crippen LogP contribution in [0.3, 0.4) is 0 Å². The molecule has 0 aliphatic carbocycles. The van der Waals surface area contributed by atoms with Crippen LogP contribution in [-0.2, 0) is 0 Å². The molecular weight excluding hydrogens is 326 g/mol. The minimum atomic E-state index is -0.189. The van der Waals surface area contributed by atoms with E-state index in [-0.39, 0.29) is 5.91 Å². The molecule has 0 bridgehead atoms. The second-order valence-electron chi connectivity index (χ2n) is 6.76. The van der Waals surface area contributed by atoms with Crippen molar-refractivity contribution in [2.75, 3.05) is 5.32 Å². The summed E-state index contributed by atoms with van der Waals surface area (Å²) in [6, 6.07) is 11.3. The van der Waals surface area contributed by atoms with E-state index in [1.54, 1.807) is 10.7 Å². The maximum atomic E-state index is 12.6. The molecule has 1 aromatic carbocycles. The van der Waals surface area contributed by atoms with Crippen molar-refractivity contribution < 1.29 is 4.79 Å². The summed E-state index contributed by atoms with van der Waals surface area (Å²) in [6.45, 7) is 9.93. The van der Waals surface area contributed by atoms with Crippen molar-refractivity contribution in [1.29, 1.82) is 0 Å². The van der Waals surface area contributed by atoms with Gasteiger partial charge in [0.25, 0.3) is 11.9 Å². The molecule has 26 heavy (non-hydrogen) atoms. The summed E-state index contributed by atoms with van der Waals surface area (Å²) in [4.78, 5) is 21.5. The fraction of sp³-hybridized carbons (Fsp3) is 0.300. The van der Waals surface area contributed by atoms with Crippen LogP contribution in [0.1, 0.15) is 52.8 Å². The Morgan fingerprint density at radius 2 is 1.58 bits per heavy atom. The van der Waals surface area contributed by atoms with E-state index in [9.17, 15) is 4.79 Å². The minimum absolute atomic E-state index is 0.189. The van der Waals surface area contributed by atoms with Gasteiger partial charge in [-0.05, 0) is 50.5 Å². The molecule has 0 saturated heterocycles. The molecule has 0 aliphatic heterocycles. The zero-order chi connectivity index (χ0) is 18.8. The number of amides is 1. The number of nitrogens with zero attached hydrogens (tertiary/aromatic N) is 4. The van der Waals surface area contributed by atoms with Crippen LogP contribution in [0, 0.1) is 20.8 Å². The molecule has 0 aliphatic rings. The van der Waals surface area contributed by atoms with Crippen molar-refractivity contribution in [1.82, 2.24) is 19.7 Å². The lowest BCUT2D eigenvalue weighted by atomic mass is 10.0. The molecule has 0 fully saturated rings. The third kappa shape index (κ3) is 3.79. The summed E-state index contributed by atoms with van der Waals surface area (Å²) in [5.41, 5.74) is 4.27. The molecule has 6 heteroatoms. The lowest BCUT2D eigenvalue weighted by Crippen LogP contribution is -2.16. The van der Waals surface area contributed by atoms with Crippen LogP contribution in [0.5, 0.6) is 0 Å². The molecule has 0 unspecified atom stereocenters. The highest BCUT2D eigenvalue weighted by atomic mass is 16.1. The lowest BCUT2D eigenvalue weighted by molar-refractivity contribution is 0.102. The molecule has 0 spiro atoms. The first-order valence-electron chi connectivity index (χ1n) is 8.64. The monoisotopic (exact) mass is 349 g/mol. The normalized spacial score (nSPS) is 11.0. The Kier molecular flexibility index (Phi) is 4.84. The minimum Gasteiger partial charge on any atom is -0.306 e. The maximum Gasteiger partial charge on any atom is 0.256 e. The third-order valence-corrected chi connectivity index (χ3v) is 4.07. The standard InChI is InChI=1S/C20H23N5O/c1-12(2)16-6-8-17(9-7-16)19(26)23-18-11-15(5)24-25(18)20-21-13(3)10-14(4)22-20/h6-12H,1-5H3,(H,23,26). The zero-order valence-electron chi connectivity index (χ0n) is 15.7. The summed E-state index contributed by atoms with van der Waals surface area (Å²) in [7, 11) is 0. The highest BCUT2D eigenvalue weighted by molar-refractivity contribution is 6.04. The summed E-state index contributed by atoms with van der Waals surface area (Å²) >= 11 is 0. The fourth-order valence-corrected chi connectivity index (χ4v) is 2.75. The summed E-state index contributed by atoms with van der Waals surface area (Å²) in [5, 5.41) is 7.34. The average molecular weight is 349 g/mol.